The van der Waals surface area contributed by atoms with Gasteiger partial charge in [0.05, 0.1) is 24.6 Å². The molecule has 0 unspecified atom stereocenters. The molecule has 0 aromatic heterocycles. The number of halogens is 1. The molecule has 4 rings (SSSR count). The SMILES string of the molecule is COc1ccc(C[C@H](C)[C@@H](O)[C@@H]2N=C(c3ccccc3)c3cc(Cl)ccc3N(C)C2=O)cc1. The van der Waals surface area contributed by atoms with E-state index in [2.05, 4.69) is 0 Å². The Morgan fingerprint density at radius 2 is 1.79 bits per heavy atom. The van der Waals surface area contributed by atoms with Crippen molar-refractivity contribution in [2.45, 2.75) is 25.5 Å². The molecule has 0 saturated heterocycles. The van der Waals surface area contributed by atoms with Crippen molar-refractivity contribution in [3.05, 3.63) is 94.5 Å². The molecule has 1 aliphatic rings. The number of aliphatic imine (C=N–C) groups is 1. The summed E-state index contributed by atoms with van der Waals surface area (Å²) in [5, 5.41) is 11.9. The van der Waals surface area contributed by atoms with E-state index in [9.17, 15) is 9.90 Å². The first kappa shape index (κ1) is 23.0. The molecule has 1 amide bonds. The lowest BCUT2D eigenvalue weighted by Gasteiger charge is -2.27. The van der Waals surface area contributed by atoms with E-state index in [1.165, 1.54) is 0 Å². The number of carbonyl (C=O) groups is 1. The predicted octanol–water partition coefficient (Wildman–Crippen LogP) is 4.77. The Balaban J connectivity index is 1.72. The van der Waals surface area contributed by atoms with Gasteiger partial charge in [-0.2, -0.15) is 0 Å². The number of amides is 1. The van der Waals surface area contributed by atoms with Gasteiger partial charge in [-0.15, -0.1) is 0 Å². The highest BCUT2D eigenvalue weighted by Gasteiger charge is 2.37. The van der Waals surface area contributed by atoms with E-state index >= 15 is 0 Å². The number of hydrogen-bond acceptors (Lipinski definition) is 4. The van der Waals surface area contributed by atoms with Gasteiger partial charge in [0.15, 0.2) is 6.04 Å². The standard InChI is InChI=1S/C27H27ClN2O3/c1-17(15-18-9-12-21(33-3)13-10-18)26(31)25-27(32)30(2)23-14-11-20(28)16-22(23)24(29-25)19-7-5-4-6-8-19/h4-14,16-17,25-26,31H,15H2,1-3H3/t17-,25-,26+/m0/s1. The highest BCUT2D eigenvalue weighted by molar-refractivity contribution is 6.32. The molecule has 33 heavy (non-hydrogen) atoms. The Hall–Kier alpha value is -3.15. The van der Waals surface area contributed by atoms with Gasteiger partial charge in [-0.1, -0.05) is 61.0 Å². The molecule has 0 saturated carbocycles. The minimum atomic E-state index is -0.967. The Labute approximate surface area is 199 Å². The maximum Gasteiger partial charge on any atom is 0.254 e. The van der Waals surface area contributed by atoms with Crippen molar-refractivity contribution >= 4 is 28.9 Å². The van der Waals surface area contributed by atoms with Gasteiger partial charge in [0, 0.05) is 23.2 Å². The summed E-state index contributed by atoms with van der Waals surface area (Å²) >= 11 is 6.31. The van der Waals surface area contributed by atoms with Gasteiger partial charge < -0.3 is 14.7 Å². The van der Waals surface area contributed by atoms with Gasteiger partial charge in [-0.3, -0.25) is 9.79 Å². The zero-order valence-corrected chi connectivity index (χ0v) is 19.7. The van der Waals surface area contributed by atoms with Crippen LogP contribution in [-0.2, 0) is 11.2 Å². The van der Waals surface area contributed by atoms with Crippen LogP contribution < -0.4 is 9.64 Å². The molecule has 0 aliphatic carbocycles. The van der Waals surface area contributed by atoms with Crippen LogP contribution in [0.1, 0.15) is 23.6 Å². The Morgan fingerprint density at radius 3 is 2.45 bits per heavy atom. The maximum absolute atomic E-state index is 13.5. The monoisotopic (exact) mass is 462 g/mol. The van der Waals surface area contributed by atoms with Crippen LogP contribution >= 0.6 is 11.6 Å². The minimum absolute atomic E-state index is 0.202. The van der Waals surface area contributed by atoms with E-state index in [4.69, 9.17) is 21.3 Å². The second-order valence-corrected chi connectivity index (χ2v) is 8.80. The molecule has 1 aliphatic heterocycles. The number of ether oxygens (including phenoxy) is 1. The summed E-state index contributed by atoms with van der Waals surface area (Å²) in [6, 6.07) is 21.9. The van der Waals surface area contributed by atoms with E-state index in [1.54, 1.807) is 25.1 Å². The summed E-state index contributed by atoms with van der Waals surface area (Å²) in [4.78, 5) is 19.9. The van der Waals surface area contributed by atoms with Crippen molar-refractivity contribution in [3.63, 3.8) is 0 Å². The number of anilines is 1. The van der Waals surface area contributed by atoms with Crippen molar-refractivity contribution in [2.75, 3.05) is 19.1 Å². The number of benzodiazepines with no additional fused rings is 1. The first-order chi connectivity index (χ1) is 15.9. The number of aliphatic hydroxyl groups is 1. The highest BCUT2D eigenvalue weighted by atomic mass is 35.5. The summed E-state index contributed by atoms with van der Waals surface area (Å²) in [6.45, 7) is 1.94. The van der Waals surface area contributed by atoms with Gasteiger partial charge in [0.1, 0.15) is 5.75 Å². The second kappa shape index (κ2) is 9.77. The zero-order valence-electron chi connectivity index (χ0n) is 18.9. The summed E-state index contributed by atoms with van der Waals surface area (Å²) in [5.41, 5.74) is 4.04. The molecular formula is C27H27ClN2O3. The third kappa shape index (κ3) is 4.80. The molecule has 1 N–H and O–H groups in total. The molecule has 6 heteroatoms. The second-order valence-electron chi connectivity index (χ2n) is 8.37. The van der Waals surface area contributed by atoms with Crippen LogP contribution in [0.25, 0.3) is 0 Å². The lowest BCUT2D eigenvalue weighted by molar-refractivity contribution is -0.122. The maximum atomic E-state index is 13.5. The largest absolute Gasteiger partial charge is 0.497 e. The van der Waals surface area contributed by atoms with Gasteiger partial charge in [-0.25, -0.2) is 0 Å². The van der Waals surface area contributed by atoms with Gasteiger partial charge >= 0.3 is 0 Å². The quantitative estimate of drug-likeness (QED) is 0.574. The summed E-state index contributed by atoms with van der Waals surface area (Å²) < 4.78 is 5.22. The third-order valence-corrected chi connectivity index (χ3v) is 6.33. The average Bonchev–Trinajstić information content (AvgIpc) is 2.94. The van der Waals surface area contributed by atoms with E-state index in [-0.39, 0.29) is 11.8 Å². The molecule has 5 nitrogen and oxygen atoms in total. The number of methoxy groups -OCH3 is 1. The highest BCUT2D eigenvalue weighted by Crippen LogP contribution is 2.32. The predicted molar refractivity (Wildman–Crippen MR) is 133 cm³/mol. The van der Waals surface area contributed by atoms with Crippen LogP contribution in [0.15, 0.2) is 77.8 Å². The first-order valence-corrected chi connectivity index (χ1v) is 11.3. The normalized spacial score (nSPS) is 17.6. The Kier molecular flexibility index (Phi) is 6.82. The number of nitrogens with zero attached hydrogens (tertiary/aromatic N) is 2. The van der Waals surface area contributed by atoms with Crippen molar-refractivity contribution < 1.29 is 14.6 Å². The Morgan fingerprint density at radius 1 is 1.09 bits per heavy atom. The molecule has 3 aromatic rings. The van der Waals surface area contributed by atoms with Crippen LogP contribution in [0, 0.1) is 5.92 Å². The number of likely N-dealkylation sites (N-methyl/N-ethyl adjacent to an activating group) is 1. The smallest absolute Gasteiger partial charge is 0.254 e. The molecule has 170 valence electrons. The number of benzene rings is 3. The van der Waals surface area contributed by atoms with E-state index in [1.807, 2.05) is 73.7 Å². The zero-order chi connectivity index (χ0) is 23.5. The molecule has 1 heterocycles. The lowest BCUT2D eigenvalue weighted by atomic mass is 9.91. The van der Waals surface area contributed by atoms with Crippen molar-refractivity contribution in [1.82, 2.24) is 0 Å². The van der Waals surface area contributed by atoms with Gasteiger partial charge in [0.25, 0.3) is 5.91 Å². The third-order valence-electron chi connectivity index (χ3n) is 6.10. The van der Waals surface area contributed by atoms with Crippen LogP contribution in [0.4, 0.5) is 5.69 Å². The van der Waals surface area contributed by atoms with E-state index in [0.717, 1.165) is 22.4 Å². The summed E-state index contributed by atoms with van der Waals surface area (Å²) in [7, 11) is 3.34. The van der Waals surface area contributed by atoms with E-state index in [0.29, 0.717) is 22.8 Å². The number of rotatable bonds is 6. The van der Waals surface area contributed by atoms with Crippen LogP contribution in [-0.4, -0.2) is 43.0 Å². The van der Waals surface area contributed by atoms with Crippen molar-refractivity contribution in [2.24, 2.45) is 10.9 Å². The lowest BCUT2D eigenvalue weighted by Crippen LogP contribution is -2.44. The fourth-order valence-electron chi connectivity index (χ4n) is 4.19. The van der Waals surface area contributed by atoms with Crippen LogP contribution in [0.3, 0.4) is 0 Å². The topological polar surface area (TPSA) is 62.1 Å². The molecule has 3 aromatic carbocycles. The Bertz CT molecular complexity index is 1160. The van der Waals surface area contributed by atoms with Crippen LogP contribution in [0.5, 0.6) is 5.75 Å². The molecule has 0 fully saturated rings. The fraction of sp³-hybridized carbons (Fsp3) is 0.259. The van der Waals surface area contributed by atoms with Crippen LogP contribution in [0.2, 0.25) is 5.02 Å². The van der Waals surface area contributed by atoms with Crippen molar-refractivity contribution in [3.8, 4) is 5.75 Å². The molecule has 3 atom stereocenters. The number of aliphatic hydroxyl groups excluding tert-OH is 1. The average molecular weight is 463 g/mol. The molecule has 0 spiro atoms. The van der Waals surface area contributed by atoms with Crippen molar-refractivity contribution in [1.29, 1.82) is 0 Å². The van der Waals surface area contributed by atoms with E-state index < -0.39 is 12.1 Å². The fourth-order valence-corrected chi connectivity index (χ4v) is 4.36. The first-order valence-electron chi connectivity index (χ1n) is 10.9. The minimum Gasteiger partial charge on any atom is -0.497 e. The number of hydrogen-bond donors (Lipinski definition) is 1. The summed E-state index contributed by atoms with van der Waals surface area (Å²) in [5.74, 6) is 0.325. The van der Waals surface area contributed by atoms with Gasteiger partial charge in [0.2, 0.25) is 0 Å². The molecule has 0 radical (unpaired) electrons. The van der Waals surface area contributed by atoms with Gasteiger partial charge in [-0.05, 0) is 48.2 Å². The summed E-state index contributed by atoms with van der Waals surface area (Å²) in [6.07, 6.45) is -0.362. The molecular weight excluding hydrogens is 436 g/mol. The molecule has 0 bridgehead atoms. The number of carbonyl (C=O) groups excluding carboxylic acids is 1. The number of fused-ring (bicyclic) bond motifs is 1.